The minimum atomic E-state index is -0.726. The van der Waals surface area contributed by atoms with Crippen LogP contribution in [0.5, 0.6) is 0 Å². The number of hydrogen-bond donors (Lipinski definition) is 3. The van der Waals surface area contributed by atoms with E-state index in [1.165, 1.54) is 12.8 Å². The third-order valence-corrected chi connectivity index (χ3v) is 5.42. The number of pyridine rings is 1. The van der Waals surface area contributed by atoms with Gasteiger partial charge in [0.15, 0.2) is 0 Å². The molecule has 0 unspecified atom stereocenters. The van der Waals surface area contributed by atoms with E-state index < -0.39 is 5.60 Å². The number of rotatable bonds is 4. The lowest BCUT2D eigenvalue weighted by atomic mass is 9.94. The summed E-state index contributed by atoms with van der Waals surface area (Å²) >= 11 is 0. The van der Waals surface area contributed by atoms with Crippen molar-refractivity contribution in [3.05, 3.63) is 24.4 Å². The molecule has 2 fully saturated rings. The lowest BCUT2D eigenvalue weighted by Gasteiger charge is -2.33. The Kier molecular flexibility index (Phi) is 6.13. The number of urea groups is 1. The highest BCUT2D eigenvalue weighted by Crippen LogP contribution is 2.26. The first kappa shape index (κ1) is 18.0. The molecule has 6 heteroatoms. The highest BCUT2D eigenvalue weighted by atomic mass is 16.3. The average Bonchev–Trinajstić information content (AvgIpc) is 2.87. The molecule has 1 aromatic heterocycles. The van der Waals surface area contributed by atoms with Crippen LogP contribution in [0.15, 0.2) is 24.4 Å². The van der Waals surface area contributed by atoms with E-state index in [1.54, 1.807) is 0 Å². The Bertz CT molecular complexity index is 536. The number of nitrogens with one attached hydrogen (secondary N) is 2. The van der Waals surface area contributed by atoms with Crippen LogP contribution in [0.3, 0.4) is 0 Å². The number of aromatic nitrogens is 1. The van der Waals surface area contributed by atoms with Crippen LogP contribution in [0.1, 0.15) is 51.4 Å². The number of carbonyl (C=O) groups is 1. The quantitative estimate of drug-likeness (QED) is 0.732. The maximum atomic E-state index is 12.2. The van der Waals surface area contributed by atoms with E-state index in [2.05, 4.69) is 20.5 Å². The van der Waals surface area contributed by atoms with Crippen LogP contribution in [-0.4, -0.2) is 47.4 Å². The highest BCUT2D eigenvalue weighted by Gasteiger charge is 2.29. The molecule has 1 saturated carbocycles. The predicted molar refractivity (Wildman–Crippen MR) is 98.7 cm³/mol. The van der Waals surface area contributed by atoms with Gasteiger partial charge in [-0.15, -0.1) is 0 Å². The standard InChI is InChI=1S/C19H30N4O2/c24-18(21-15-19(25)10-4-1-2-5-11-19)22-16-8-13-23(14-9-16)17-7-3-6-12-20-17/h3,6-7,12,16,25H,1-2,4-5,8-11,13-15H2,(H2,21,22,24). The normalized spacial score (nSPS) is 21.4. The molecule has 2 aliphatic rings. The summed E-state index contributed by atoms with van der Waals surface area (Å²) in [5.74, 6) is 1.00. The first-order valence-electron chi connectivity index (χ1n) is 9.57. The fourth-order valence-corrected chi connectivity index (χ4v) is 3.84. The first-order valence-corrected chi connectivity index (χ1v) is 9.57. The van der Waals surface area contributed by atoms with Crippen LogP contribution >= 0.6 is 0 Å². The summed E-state index contributed by atoms with van der Waals surface area (Å²) in [5, 5.41) is 16.6. The van der Waals surface area contributed by atoms with Crippen molar-refractivity contribution in [3.63, 3.8) is 0 Å². The summed E-state index contributed by atoms with van der Waals surface area (Å²) in [6.07, 6.45) is 9.67. The molecule has 138 valence electrons. The van der Waals surface area contributed by atoms with Gasteiger partial charge in [-0.3, -0.25) is 0 Å². The summed E-state index contributed by atoms with van der Waals surface area (Å²) in [4.78, 5) is 18.8. The smallest absolute Gasteiger partial charge is 0.315 e. The van der Waals surface area contributed by atoms with Crippen LogP contribution in [-0.2, 0) is 0 Å². The summed E-state index contributed by atoms with van der Waals surface area (Å²) in [6.45, 7) is 2.14. The number of hydrogen-bond acceptors (Lipinski definition) is 4. The molecule has 3 N–H and O–H groups in total. The van der Waals surface area contributed by atoms with Crippen molar-refractivity contribution in [3.8, 4) is 0 Å². The van der Waals surface area contributed by atoms with Gasteiger partial charge in [-0.25, -0.2) is 9.78 Å². The van der Waals surface area contributed by atoms with Crippen molar-refractivity contribution < 1.29 is 9.90 Å². The predicted octanol–water partition coefficient (Wildman–Crippen LogP) is 2.43. The lowest BCUT2D eigenvalue weighted by Crippen LogP contribution is -2.51. The average molecular weight is 346 g/mol. The zero-order valence-corrected chi connectivity index (χ0v) is 14.9. The Morgan fingerprint density at radius 1 is 1.20 bits per heavy atom. The summed E-state index contributed by atoms with van der Waals surface area (Å²) in [7, 11) is 0. The summed E-state index contributed by atoms with van der Waals surface area (Å²) < 4.78 is 0. The number of carbonyl (C=O) groups excluding carboxylic acids is 1. The van der Waals surface area contributed by atoms with E-state index in [0.717, 1.165) is 57.4 Å². The SMILES string of the molecule is O=C(NCC1(O)CCCCCC1)NC1CCN(c2ccccn2)CC1. The molecule has 6 nitrogen and oxygen atoms in total. The van der Waals surface area contributed by atoms with Crippen LogP contribution < -0.4 is 15.5 Å². The molecule has 0 atom stereocenters. The Morgan fingerprint density at radius 3 is 2.56 bits per heavy atom. The first-order chi connectivity index (χ1) is 12.1. The van der Waals surface area contributed by atoms with Gasteiger partial charge in [-0.05, 0) is 37.8 Å². The fourth-order valence-electron chi connectivity index (χ4n) is 3.84. The molecule has 0 bridgehead atoms. The molecular weight excluding hydrogens is 316 g/mol. The van der Waals surface area contributed by atoms with Crippen LogP contribution in [0.25, 0.3) is 0 Å². The zero-order valence-electron chi connectivity index (χ0n) is 14.9. The van der Waals surface area contributed by atoms with Crippen molar-refractivity contribution in [2.24, 2.45) is 0 Å². The third-order valence-electron chi connectivity index (χ3n) is 5.42. The fraction of sp³-hybridized carbons (Fsp3) is 0.684. The van der Waals surface area contributed by atoms with Gasteiger partial charge in [0, 0.05) is 31.9 Å². The highest BCUT2D eigenvalue weighted by molar-refractivity contribution is 5.74. The monoisotopic (exact) mass is 346 g/mol. The minimum Gasteiger partial charge on any atom is -0.388 e. The third kappa shape index (κ3) is 5.33. The van der Waals surface area contributed by atoms with Crippen LogP contribution in [0.4, 0.5) is 10.6 Å². The molecule has 1 saturated heterocycles. The van der Waals surface area contributed by atoms with E-state index in [4.69, 9.17) is 0 Å². The van der Waals surface area contributed by atoms with Crippen LogP contribution in [0, 0.1) is 0 Å². The molecule has 1 aliphatic carbocycles. The van der Waals surface area contributed by atoms with Gasteiger partial charge < -0.3 is 20.6 Å². The molecule has 0 spiro atoms. The van der Waals surface area contributed by atoms with Gasteiger partial charge in [0.05, 0.1) is 5.60 Å². The number of aliphatic hydroxyl groups is 1. The van der Waals surface area contributed by atoms with Crippen molar-refractivity contribution in [1.29, 1.82) is 0 Å². The zero-order chi connectivity index (χ0) is 17.5. The van der Waals surface area contributed by atoms with E-state index >= 15 is 0 Å². The minimum absolute atomic E-state index is 0.158. The second-order valence-electron chi connectivity index (χ2n) is 7.41. The Labute approximate surface area is 150 Å². The molecule has 0 aromatic carbocycles. The summed E-state index contributed by atoms with van der Waals surface area (Å²) in [6, 6.07) is 5.97. The summed E-state index contributed by atoms with van der Waals surface area (Å²) in [5.41, 5.74) is -0.726. The van der Waals surface area contributed by atoms with Crippen molar-refractivity contribution in [2.75, 3.05) is 24.5 Å². The van der Waals surface area contributed by atoms with E-state index in [9.17, 15) is 9.90 Å². The number of nitrogens with zero attached hydrogens (tertiary/aromatic N) is 2. The molecule has 2 amide bonds. The van der Waals surface area contributed by atoms with Crippen LogP contribution in [0.2, 0.25) is 0 Å². The van der Waals surface area contributed by atoms with Gasteiger partial charge >= 0.3 is 6.03 Å². The Hall–Kier alpha value is -1.82. The van der Waals surface area contributed by atoms with E-state index in [1.807, 2.05) is 24.4 Å². The molecule has 1 aliphatic heterocycles. The topological polar surface area (TPSA) is 77.5 Å². The molecule has 1 aromatic rings. The van der Waals surface area contributed by atoms with Gasteiger partial charge in [0.25, 0.3) is 0 Å². The van der Waals surface area contributed by atoms with E-state index in [0.29, 0.717) is 6.54 Å². The molecule has 2 heterocycles. The van der Waals surface area contributed by atoms with Crippen molar-refractivity contribution in [1.82, 2.24) is 15.6 Å². The largest absolute Gasteiger partial charge is 0.388 e. The molecule has 0 radical (unpaired) electrons. The number of piperidine rings is 1. The lowest BCUT2D eigenvalue weighted by molar-refractivity contribution is 0.0275. The van der Waals surface area contributed by atoms with E-state index in [-0.39, 0.29) is 12.1 Å². The maximum absolute atomic E-state index is 12.2. The van der Waals surface area contributed by atoms with Gasteiger partial charge in [-0.1, -0.05) is 31.7 Å². The maximum Gasteiger partial charge on any atom is 0.315 e. The Balaban J connectivity index is 1.39. The van der Waals surface area contributed by atoms with Gasteiger partial charge in [0.2, 0.25) is 0 Å². The molecular formula is C19H30N4O2. The second kappa shape index (κ2) is 8.52. The van der Waals surface area contributed by atoms with Crippen molar-refractivity contribution >= 4 is 11.8 Å². The molecule has 3 rings (SSSR count). The Morgan fingerprint density at radius 2 is 1.92 bits per heavy atom. The van der Waals surface area contributed by atoms with Gasteiger partial charge in [0.1, 0.15) is 5.82 Å². The second-order valence-corrected chi connectivity index (χ2v) is 7.41. The molecule has 25 heavy (non-hydrogen) atoms. The number of amides is 2. The number of anilines is 1. The van der Waals surface area contributed by atoms with Gasteiger partial charge in [-0.2, -0.15) is 0 Å². The van der Waals surface area contributed by atoms with Crippen molar-refractivity contribution in [2.45, 2.75) is 63.0 Å².